The van der Waals surface area contributed by atoms with Crippen LogP contribution in [0.15, 0.2) is 0 Å². The van der Waals surface area contributed by atoms with E-state index in [4.69, 9.17) is 5.11 Å². The minimum Gasteiger partial charge on any atom is -0.480 e. The summed E-state index contributed by atoms with van der Waals surface area (Å²) < 4.78 is 4.22. The van der Waals surface area contributed by atoms with Gasteiger partial charge in [0, 0.05) is 17.5 Å². The molecule has 0 atom stereocenters. The van der Waals surface area contributed by atoms with Gasteiger partial charge in [0.15, 0.2) is 0 Å². The highest BCUT2D eigenvalue weighted by molar-refractivity contribution is 7.09. The van der Waals surface area contributed by atoms with Gasteiger partial charge in [0.05, 0.1) is 0 Å². The second-order valence-electron chi connectivity index (χ2n) is 4.24. The molecule has 0 saturated heterocycles. The van der Waals surface area contributed by atoms with E-state index in [9.17, 15) is 4.79 Å². The number of aromatic nitrogens is 2. The first kappa shape index (κ1) is 9.08. The lowest BCUT2D eigenvalue weighted by Crippen LogP contribution is -2.31. The molecule has 2 saturated carbocycles. The molecule has 0 amide bonds. The Morgan fingerprint density at radius 3 is 2.80 bits per heavy atom. The number of nitrogens with one attached hydrogen (secondary N) is 1. The number of nitrogens with zero attached hydrogens (tertiary/aromatic N) is 2. The van der Waals surface area contributed by atoms with Crippen LogP contribution in [0.25, 0.3) is 0 Å². The Morgan fingerprint density at radius 2 is 2.27 bits per heavy atom. The average molecular weight is 225 g/mol. The van der Waals surface area contributed by atoms with Gasteiger partial charge in [-0.1, -0.05) is 0 Å². The predicted octanol–water partition coefficient (Wildman–Crippen LogP) is 1.44. The van der Waals surface area contributed by atoms with Crippen LogP contribution in [0, 0.1) is 0 Å². The van der Waals surface area contributed by atoms with E-state index in [0.29, 0.717) is 23.9 Å². The molecule has 3 rings (SSSR count). The standard InChI is InChI=1S/C9H11N3O2S/c13-7(14)9(3-4-9)11-8-10-6(12-15-8)5-1-2-5/h5H,1-4H2,(H,13,14)(H,10,11,12). The summed E-state index contributed by atoms with van der Waals surface area (Å²) in [6.07, 6.45) is 3.70. The molecule has 0 bridgehead atoms. The lowest BCUT2D eigenvalue weighted by Gasteiger charge is -2.09. The number of rotatable bonds is 4. The first-order valence-electron chi connectivity index (χ1n) is 5.05. The molecule has 2 fully saturated rings. The van der Waals surface area contributed by atoms with Gasteiger partial charge in [-0.2, -0.15) is 4.37 Å². The zero-order valence-corrected chi connectivity index (χ0v) is 8.88. The molecule has 1 aromatic heterocycles. The highest BCUT2D eigenvalue weighted by Crippen LogP contribution is 2.42. The van der Waals surface area contributed by atoms with Crippen LogP contribution < -0.4 is 5.32 Å². The first-order valence-corrected chi connectivity index (χ1v) is 5.82. The van der Waals surface area contributed by atoms with E-state index < -0.39 is 11.5 Å². The second-order valence-corrected chi connectivity index (χ2v) is 5.00. The third-order valence-corrected chi connectivity index (χ3v) is 3.53. The van der Waals surface area contributed by atoms with Crippen LogP contribution >= 0.6 is 11.5 Å². The molecule has 0 unspecified atom stereocenters. The average Bonchev–Trinajstić information content (AvgIpc) is 3.07. The minimum absolute atomic E-state index is 0.525. The monoisotopic (exact) mass is 225 g/mol. The Morgan fingerprint density at radius 1 is 1.53 bits per heavy atom. The summed E-state index contributed by atoms with van der Waals surface area (Å²) >= 11 is 1.27. The summed E-state index contributed by atoms with van der Waals surface area (Å²) in [7, 11) is 0. The topological polar surface area (TPSA) is 75.1 Å². The smallest absolute Gasteiger partial charge is 0.329 e. The van der Waals surface area contributed by atoms with Crippen molar-refractivity contribution in [3.05, 3.63) is 5.82 Å². The molecule has 2 aliphatic carbocycles. The van der Waals surface area contributed by atoms with Crippen LogP contribution in [0.2, 0.25) is 0 Å². The van der Waals surface area contributed by atoms with Crippen molar-refractivity contribution in [2.75, 3.05) is 5.32 Å². The summed E-state index contributed by atoms with van der Waals surface area (Å²) in [6, 6.07) is 0. The van der Waals surface area contributed by atoms with E-state index >= 15 is 0 Å². The quantitative estimate of drug-likeness (QED) is 0.811. The fourth-order valence-corrected chi connectivity index (χ4v) is 2.26. The van der Waals surface area contributed by atoms with Crippen LogP contribution in [0.3, 0.4) is 0 Å². The molecule has 0 radical (unpaired) electrons. The van der Waals surface area contributed by atoms with E-state index in [1.165, 1.54) is 24.4 Å². The molecule has 0 spiro atoms. The highest BCUT2D eigenvalue weighted by atomic mass is 32.1. The van der Waals surface area contributed by atoms with Crippen molar-refractivity contribution in [2.24, 2.45) is 0 Å². The lowest BCUT2D eigenvalue weighted by atomic mass is 10.3. The van der Waals surface area contributed by atoms with Crippen molar-refractivity contribution < 1.29 is 9.90 Å². The van der Waals surface area contributed by atoms with Gasteiger partial charge in [-0.05, 0) is 25.7 Å². The Hall–Kier alpha value is -1.17. The molecular formula is C9H11N3O2S. The number of hydrogen-bond acceptors (Lipinski definition) is 5. The molecular weight excluding hydrogens is 214 g/mol. The summed E-state index contributed by atoms with van der Waals surface area (Å²) in [6.45, 7) is 0. The van der Waals surface area contributed by atoms with Gasteiger partial charge in [-0.3, -0.25) is 0 Å². The van der Waals surface area contributed by atoms with Crippen LogP contribution in [0.4, 0.5) is 5.13 Å². The summed E-state index contributed by atoms with van der Waals surface area (Å²) in [4.78, 5) is 15.2. The molecule has 80 valence electrons. The van der Waals surface area contributed by atoms with Crippen molar-refractivity contribution in [1.82, 2.24) is 9.36 Å². The summed E-state index contributed by atoms with van der Waals surface area (Å²) in [5.41, 5.74) is -0.750. The third kappa shape index (κ3) is 1.58. The van der Waals surface area contributed by atoms with Gasteiger partial charge in [0.1, 0.15) is 11.4 Å². The number of hydrogen-bond donors (Lipinski definition) is 2. The Labute approximate surface area is 90.7 Å². The number of carboxylic acids is 1. The van der Waals surface area contributed by atoms with Crippen LogP contribution in [-0.4, -0.2) is 26.0 Å². The maximum absolute atomic E-state index is 10.9. The minimum atomic E-state index is -0.786. The number of carbonyl (C=O) groups is 1. The number of aliphatic carboxylic acids is 1. The van der Waals surface area contributed by atoms with Gasteiger partial charge in [0.25, 0.3) is 0 Å². The zero-order valence-electron chi connectivity index (χ0n) is 8.06. The highest BCUT2D eigenvalue weighted by Gasteiger charge is 2.51. The molecule has 15 heavy (non-hydrogen) atoms. The van der Waals surface area contributed by atoms with Gasteiger partial charge in [-0.15, -0.1) is 0 Å². The van der Waals surface area contributed by atoms with Crippen molar-refractivity contribution >= 4 is 22.6 Å². The van der Waals surface area contributed by atoms with E-state index in [1.54, 1.807) is 0 Å². The largest absolute Gasteiger partial charge is 0.480 e. The van der Waals surface area contributed by atoms with Crippen LogP contribution in [-0.2, 0) is 4.79 Å². The normalized spacial score (nSPS) is 22.4. The van der Waals surface area contributed by atoms with Crippen molar-refractivity contribution in [1.29, 1.82) is 0 Å². The SMILES string of the molecule is O=C(O)C1(Nc2nc(C3CC3)ns2)CC1. The van der Waals surface area contributed by atoms with Crippen molar-refractivity contribution in [3.63, 3.8) is 0 Å². The molecule has 0 aliphatic heterocycles. The number of carboxylic acid groups (broad SMARTS) is 1. The fraction of sp³-hybridized carbons (Fsp3) is 0.667. The van der Waals surface area contributed by atoms with Gasteiger partial charge in [-0.25, -0.2) is 9.78 Å². The molecule has 5 nitrogen and oxygen atoms in total. The molecule has 2 aliphatic rings. The third-order valence-electron chi connectivity index (χ3n) is 2.89. The summed E-state index contributed by atoms with van der Waals surface area (Å²) in [5, 5.41) is 12.6. The molecule has 0 aromatic carbocycles. The van der Waals surface area contributed by atoms with Crippen molar-refractivity contribution in [3.8, 4) is 0 Å². The second kappa shape index (κ2) is 2.91. The maximum atomic E-state index is 10.9. The van der Waals surface area contributed by atoms with Gasteiger partial charge in [0.2, 0.25) is 5.13 Å². The van der Waals surface area contributed by atoms with E-state index in [1.807, 2.05) is 0 Å². The van der Waals surface area contributed by atoms with Gasteiger partial charge >= 0.3 is 5.97 Å². The Bertz CT molecular complexity index is 409. The Kier molecular flexibility index (Phi) is 1.76. The molecule has 1 heterocycles. The van der Waals surface area contributed by atoms with Gasteiger partial charge < -0.3 is 10.4 Å². The van der Waals surface area contributed by atoms with Crippen molar-refractivity contribution in [2.45, 2.75) is 37.1 Å². The lowest BCUT2D eigenvalue weighted by molar-refractivity contribution is -0.138. The first-order chi connectivity index (χ1) is 7.20. The summed E-state index contributed by atoms with van der Waals surface area (Å²) in [5.74, 6) is 0.617. The Balaban J connectivity index is 1.73. The molecule has 6 heteroatoms. The fourth-order valence-electron chi connectivity index (χ4n) is 1.52. The van der Waals surface area contributed by atoms with Crippen LogP contribution in [0.5, 0.6) is 0 Å². The van der Waals surface area contributed by atoms with E-state index in [2.05, 4.69) is 14.7 Å². The maximum Gasteiger partial charge on any atom is 0.329 e. The number of anilines is 1. The predicted molar refractivity (Wildman–Crippen MR) is 55.1 cm³/mol. The zero-order chi connectivity index (χ0) is 10.5. The van der Waals surface area contributed by atoms with E-state index in [-0.39, 0.29) is 0 Å². The molecule has 2 N–H and O–H groups in total. The van der Waals surface area contributed by atoms with Crippen LogP contribution in [0.1, 0.15) is 37.4 Å². The molecule has 1 aromatic rings. The van der Waals surface area contributed by atoms with E-state index in [0.717, 1.165) is 5.82 Å².